The van der Waals surface area contributed by atoms with E-state index in [1.54, 1.807) is 0 Å². The van der Waals surface area contributed by atoms with Gasteiger partial charge in [0.1, 0.15) is 5.75 Å². The molecule has 1 saturated heterocycles. The summed E-state index contributed by atoms with van der Waals surface area (Å²) >= 11 is 0. The van der Waals surface area contributed by atoms with Crippen LogP contribution in [-0.2, 0) is 18.3 Å². The van der Waals surface area contributed by atoms with Gasteiger partial charge < -0.3 is 5.11 Å². The first-order chi connectivity index (χ1) is 12.8. The van der Waals surface area contributed by atoms with Crippen molar-refractivity contribution in [2.24, 2.45) is 5.92 Å². The van der Waals surface area contributed by atoms with Crippen molar-refractivity contribution in [3.8, 4) is 5.75 Å². The second-order valence-corrected chi connectivity index (χ2v) is 8.51. The van der Waals surface area contributed by atoms with Gasteiger partial charge in [0, 0.05) is 30.4 Å². The Kier molecular flexibility index (Phi) is 4.00. The first-order valence-electron chi connectivity index (χ1n) is 10.2. The number of rotatable bonds is 3. The number of hydrogen-bond donors (Lipinski definition) is 1. The second-order valence-electron chi connectivity index (χ2n) is 8.51. The summed E-state index contributed by atoms with van der Waals surface area (Å²) in [6, 6.07) is 11.1. The van der Waals surface area contributed by atoms with Crippen molar-refractivity contribution in [2.45, 2.75) is 56.4 Å². The smallest absolute Gasteiger partial charge is 0.115 e. The van der Waals surface area contributed by atoms with E-state index in [0.717, 1.165) is 25.3 Å². The Balaban J connectivity index is 1.45. The maximum Gasteiger partial charge on any atom is 0.115 e. The molecule has 1 aromatic carbocycles. The molecule has 0 radical (unpaired) electrons. The van der Waals surface area contributed by atoms with Gasteiger partial charge in [0.05, 0.1) is 0 Å². The van der Waals surface area contributed by atoms with Crippen LogP contribution >= 0.6 is 0 Å². The Bertz CT molecular complexity index is 790. The predicted molar refractivity (Wildman–Crippen MR) is 103 cm³/mol. The first-order valence-corrected chi connectivity index (χ1v) is 10.2. The molecule has 1 aliphatic heterocycles. The van der Waals surface area contributed by atoms with E-state index in [4.69, 9.17) is 0 Å². The molecule has 3 aliphatic rings. The number of nitrogens with zero attached hydrogens (tertiary/aromatic N) is 2. The van der Waals surface area contributed by atoms with Crippen molar-refractivity contribution >= 4 is 0 Å². The van der Waals surface area contributed by atoms with Crippen LogP contribution in [-0.4, -0.2) is 34.1 Å². The van der Waals surface area contributed by atoms with Gasteiger partial charge in [0.25, 0.3) is 0 Å². The lowest BCUT2D eigenvalue weighted by Gasteiger charge is -2.59. The minimum Gasteiger partial charge on any atom is -0.508 e. The molecule has 2 aromatic rings. The molecule has 1 saturated carbocycles. The largest absolute Gasteiger partial charge is 0.508 e. The molecule has 3 atom stereocenters. The number of pyridine rings is 1. The van der Waals surface area contributed by atoms with Crippen molar-refractivity contribution in [3.63, 3.8) is 0 Å². The third kappa shape index (κ3) is 2.56. The molecule has 1 aromatic heterocycles. The number of hydrogen-bond acceptors (Lipinski definition) is 3. The molecule has 5 rings (SSSR count). The molecular weight excluding hydrogens is 320 g/mol. The van der Waals surface area contributed by atoms with Gasteiger partial charge in [-0.15, -0.1) is 0 Å². The maximum atomic E-state index is 10.1. The number of phenolic OH excluding ortho intramolecular Hbond substituents is 1. The van der Waals surface area contributed by atoms with Crippen LogP contribution in [0.5, 0.6) is 5.75 Å². The van der Waals surface area contributed by atoms with Gasteiger partial charge in [-0.1, -0.05) is 18.9 Å². The van der Waals surface area contributed by atoms with E-state index >= 15 is 0 Å². The SMILES string of the molecule is Oc1ccc2c(c1)[C@@]13CCCC[C@H]1[C@H](C2)N(CCc1ccncc1)CC3. The number of phenols is 1. The highest BCUT2D eigenvalue weighted by atomic mass is 16.3. The highest BCUT2D eigenvalue weighted by molar-refractivity contribution is 5.45. The zero-order chi connectivity index (χ0) is 17.6. The van der Waals surface area contributed by atoms with Gasteiger partial charge in [-0.3, -0.25) is 9.88 Å². The van der Waals surface area contributed by atoms with E-state index in [-0.39, 0.29) is 0 Å². The van der Waals surface area contributed by atoms with Crippen molar-refractivity contribution in [1.82, 2.24) is 9.88 Å². The Morgan fingerprint density at radius 1 is 1.12 bits per heavy atom. The van der Waals surface area contributed by atoms with Crippen LogP contribution in [0, 0.1) is 5.92 Å². The maximum absolute atomic E-state index is 10.1. The first kappa shape index (κ1) is 16.3. The predicted octanol–water partition coefficient (Wildman–Crippen LogP) is 4.09. The number of benzene rings is 1. The fraction of sp³-hybridized carbons (Fsp3) is 0.522. The lowest BCUT2D eigenvalue weighted by Crippen LogP contribution is -2.61. The zero-order valence-electron chi connectivity index (χ0n) is 15.4. The van der Waals surface area contributed by atoms with Gasteiger partial charge in [-0.05, 0) is 85.5 Å². The monoisotopic (exact) mass is 348 g/mol. The van der Waals surface area contributed by atoms with Gasteiger partial charge in [0.2, 0.25) is 0 Å². The van der Waals surface area contributed by atoms with Crippen LogP contribution in [0.25, 0.3) is 0 Å². The highest BCUT2D eigenvalue weighted by Gasteiger charge is 2.53. The molecule has 2 fully saturated rings. The van der Waals surface area contributed by atoms with Crippen LogP contribution in [0.1, 0.15) is 48.8 Å². The molecule has 26 heavy (non-hydrogen) atoms. The van der Waals surface area contributed by atoms with Crippen LogP contribution in [0.2, 0.25) is 0 Å². The molecule has 0 spiro atoms. The Labute approximate surface area is 156 Å². The van der Waals surface area contributed by atoms with Gasteiger partial charge in [-0.2, -0.15) is 0 Å². The summed E-state index contributed by atoms with van der Waals surface area (Å²) < 4.78 is 0. The summed E-state index contributed by atoms with van der Waals surface area (Å²) in [5, 5.41) is 10.1. The number of likely N-dealkylation sites (tertiary alicyclic amines) is 1. The lowest BCUT2D eigenvalue weighted by molar-refractivity contribution is -0.0106. The van der Waals surface area contributed by atoms with Gasteiger partial charge >= 0.3 is 0 Å². The third-order valence-corrected chi connectivity index (χ3v) is 7.37. The number of aromatic nitrogens is 1. The molecule has 3 heteroatoms. The average molecular weight is 348 g/mol. The van der Waals surface area contributed by atoms with Gasteiger partial charge in [0.15, 0.2) is 0 Å². The fourth-order valence-electron chi connectivity index (χ4n) is 6.17. The van der Waals surface area contributed by atoms with E-state index in [2.05, 4.69) is 34.1 Å². The molecule has 136 valence electrons. The van der Waals surface area contributed by atoms with E-state index in [1.807, 2.05) is 18.5 Å². The topological polar surface area (TPSA) is 36.4 Å². The van der Waals surface area contributed by atoms with Crippen LogP contribution in [0.15, 0.2) is 42.7 Å². The summed E-state index contributed by atoms with van der Waals surface area (Å²) in [4.78, 5) is 6.91. The number of fused-ring (bicyclic) bond motifs is 1. The minimum absolute atomic E-state index is 0.322. The molecule has 1 N–H and O–H groups in total. The van der Waals surface area contributed by atoms with E-state index in [9.17, 15) is 5.11 Å². The zero-order valence-corrected chi connectivity index (χ0v) is 15.4. The summed E-state index contributed by atoms with van der Waals surface area (Å²) in [5.74, 6) is 1.21. The fourth-order valence-corrected chi connectivity index (χ4v) is 6.17. The van der Waals surface area contributed by atoms with Gasteiger partial charge in [-0.25, -0.2) is 0 Å². The van der Waals surface area contributed by atoms with E-state index in [1.165, 1.54) is 55.3 Å². The Morgan fingerprint density at radius 3 is 2.88 bits per heavy atom. The molecule has 2 aliphatic carbocycles. The van der Waals surface area contributed by atoms with Crippen molar-refractivity contribution in [2.75, 3.05) is 13.1 Å². The quantitative estimate of drug-likeness (QED) is 0.908. The van der Waals surface area contributed by atoms with Crippen molar-refractivity contribution < 1.29 is 5.11 Å². The molecule has 0 amide bonds. The van der Waals surface area contributed by atoms with Crippen LogP contribution in [0.4, 0.5) is 0 Å². The molecule has 2 bridgehead atoms. The van der Waals surface area contributed by atoms with E-state index < -0.39 is 0 Å². The third-order valence-electron chi connectivity index (χ3n) is 7.37. The average Bonchev–Trinajstić information content (AvgIpc) is 2.69. The van der Waals surface area contributed by atoms with E-state index in [0.29, 0.717) is 17.2 Å². The standard InChI is InChI=1S/C23H28N2O/c26-19-5-4-18-15-22-20-3-1-2-9-23(20,21(18)16-19)10-14-25(22)13-8-17-6-11-24-12-7-17/h4-7,11-12,16,20,22,26H,1-3,8-10,13-15H2/t20-,22-,23+/m0/s1. The normalized spacial score (nSPS) is 30.5. The minimum atomic E-state index is 0.322. The molecule has 3 nitrogen and oxygen atoms in total. The van der Waals surface area contributed by atoms with Crippen molar-refractivity contribution in [3.05, 3.63) is 59.4 Å². The Morgan fingerprint density at radius 2 is 2.00 bits per heavy atom. The molecular formula is C23H28N2O. The van der Waals surface area contributed by atoms with Crippen LogP contribution < -0.4 is 0 Å². The Hall–Kier alpha value is -1.87. The summed E-state index contributed by atoms with van der Waals surface area (Å²) in [7, 11) is 0. The highest BCUT2D eigenvalue weighted by Crippen LogP contribution is 2.56. The molecule has 0 unspecified atom stereocenters. The lowest BCUT2D eigenvalue weighted by atomic mass is 9.52. The summed E-state index contributed by atoms with van der Waals surface area (Å²) in [6.45, 7) is 2.34. The summed E-state index contributed by atoms with van der Waals surface area (Å²) in [5.41, 5.74) is 4.68. The molecule has 2 heterocycles. The second kappa shape index (κ2) is 6.38. The van der Waals surface area contributed by atoms with Crippen molar-refractivity contribution in [1.29, 1.82) is 0 Å². The summed E-state index contributed by atoms with van der Waals surface area (Å²) in [6.07, 6.45) is 12.7. The number of aromatic hydroxyl groups is 1. The number of piperidine rings is 1. The van der Waals surface area contributed by atoms with Crippen LogP contribution in [0.3, 0.4) is 0 Å².